The number of methoxy groups -OCH3 is 2. The Morgan fingerprint density at radius 2 is 1.80 bits per heavy atom. The molecular weight excluding hydrogens is 474 g/mol. The molecular formula is C24H19N3O7S. The first kappa shape index (κ1) is 23.8. The molecule has 0 fully saturated rings. The number of benzene rings is 2. The molecule has 1 atom stereocenters. The highest BCUT2D eigenvalue weighted by atomic mass is 32.1. The van der Waals surface area contributed by atoms with E-state index in [2.05, 4.69) is 4.99 Å². The molecule has 2 heterocycles. The minimum atomic E-state index is -0.849. The minimum absolute atomic E-state index is 0.0982. The van der Waals surface area contributed by atoms with E-state index in [1.165, 1.54) is 37.0 Å². The van der Waals surface area contributed by atoms with E-state index in [0.717, 1.165) is 11.3 Å². The number of non-ortho nitro benzene ring substituents is 1. The molecule has 35 heavy (non-hydrogen) atoms. The molecule has 1 aliphatic rings. The molecule has 1 aromatic heterocycles. The van der Waals surface area contributed by atoms with Gasteiger partial charge in [0.15, 0.2) is 4.80 Å². The van der Waals surface area contributed by atoms with Gasteiger partial charge in [0, 0.05) is 12.1 Å². The molecule has 0 bridgehead atoms. The number of nitro groups is 1. The second-order valence-electron chi connectivity index (χ2n) is 7.54. The SMILES string of the molecule is COC(=O)C1=C(C)N=c2sc(=Cc3cccc([N+](=O)[O-])c3)c(=O)n2C1c1ccc(C(=O)OC)cc1. The predicted molar refractivity (Wildman–Crippen MR) is 127 cm³/mol. The number of ether oxygens (including phenoxy) is 2. The number of rotatable bonds is 5. The van der Waals surface area contributed by atoms with Gasteiger partial charge in [0.1, 0.15) is 0 Å². The Morgan fingerprint density at radius 1 is 1.11 bits per heavy atom. The third-order valence-electron chi connectivity index (χ3n) is 5.45. The summed E-state index contributed by atoms with van der Waals surface area (Å²) in [6.07, 6.45) is 1.55. The topological polar surface area (TPSA) is 130 Å². The van der Waals surface area contributed by atoms with E-state index in [9.17, 15) is 24.5 Å². The van der Waals surface area contributed by atoms with Crippen LogP contribution in [0.5, 0.6) is 0 Å². The molecule has 0 radical (unpaired) electrons. The molecule has 0 N–H and O–H groups in total. The Morgan fingerprint density at radius 3 is 2.43 bits per heavy atom. The van der Waals surface area contributed by atoms with Crippen LogP contribution >= 0.6 is 11.3 Å². The molecule has 3 aromatic rings. The van der Waals surface area contributed by atoms with Crippen LogP contribution in [0.25, 0.3) is 6.08 Å². The van der Waals surface area contributed by atoms with E-state index in [0.29, 0.717) is 31.7 Å². The van der Waals surface area contributed by atoms with Gasteiger partial charge >= 0.3 is 11.9 Å². The molecule has 0 aliphatic carbocycles. The summed E-state index contributed by atoms with van der Waals surface area (Å²) in [7, 11) is 2.52. The van der Waals surface area contributed by atoms with Gasteiger partial charge in [-0.25, -0.2) is 14.6 Å². The standard InChI is InChI=1S/C24H19N3O7S/c1-13-19(23(30)34-3)20(15-7-9-16(10-8-15)22(29)33-2)26-21(28)18(35-24(26)25-13)12-14-5-4-6-17(11-14)27(31)32/h4-12,20H,1-3H3. The number of carbonyl (C=O) groups excluding carboxylic acids is 2. The lowest BCUT2D eigenvalue weighted by atomic mass is 9.95. The van der Waals surface area contributed by atoms with E-state index in [1.54, 1.807) is 43.3 Å². The van der Waals surface area contributed by atoms with Crippen LogP contribution in [0, 0.1) is 10.1 Å². The molecule has 4 rings (SSSR count). The normalized spacial score (nSPS) is 15.3. The van der Waals surface area contributed by atoms with Crippen molar-refractivity contribution < 1.29 is 24.0 Å². The van der Waals surface area contributed by atoms with Gasteiger partial charge in [0.2, 0.25) is 0 Å². The summed E-state index contributed by atoms with van der Waals surface area (Å²) >= 11 is 1.10. The largest absolute Gasteiger partial charge is 0.466 e. The zero-order chi connectivity index (χ0) is 25.3. The number of hydrogen-bond donors (Lipinski definition) is 0. The summed E-state index contributed by atoms with van der Waals surface area (Å²) in [4.78, 5) is 53.5. The monoisotopic (exact) mass is 493 g/mol. The Balaban J connectivity index is 1.92. The number of hydrogen-bond acceptors (Lipinski definition) is 9. The Kier molecular flexibility index (Phi) is 6.43. The van der Waals surface area contributed by atoms with Crippen LogP contribution < -0.4 is 14.9 Å². The molecule has 0 spiro atoms. The van der Waals surface area contributed by atoms with Gasteiger partial charge in [-0.1, -0.05) is 35.6 Å². The summed E-state index contributed by atoms with van der Waals surface area (Å²) in [5.41, 5.74) is 1.42. The van der Waals surface area contributed by atoms with Gasteiger partial charge in [0.25, 0.3) is 11.2 Å². The average molecular weight is 493 g/mol. The van der Waals surface area contributed by atoms with Gasteiger partial charge in [-0.2, -0.15) is 0 Å². The number of allylic oxidation sites excluding steroid dienone is 1. The Bertz CT molecular complexity index is 1570. The molecule has 2 aromatic carbocycles. The van der Waals surface area contributed by atoms with Crippen molar-refractivity contribution in [1.29, 1.82) is 0 Å². The first-order valence-electron chi connectivity index (χ1n) is 10.3. The average Bonchev–Trinajstić information content (AvgIpc) is 3.16. The Labute approximate surface area is 202 Å². The van der Waals surface area contributed by atoms with E-state index in [-0.39, 0.29) is 11.3 Å². The van der Waals surface area contributed by atoms with Gasteiger partial charge < -0.3 is 9.47 Å². The molecule has 0 saturated carbocycles. The molecule has 0 amide bonds. The molecule has 10 nitrogen and oxygen atoms in total. The van der Waals surface area contributed by atoms with Crippen molar-refractivity contribution in [3.05, 3.63) is 106 Å². The van der Waals surface area contributed by atoms with Gasteiger partial charge in [-0.3, -0.25) is 19.5 Å². The number of nitrogens with zero attached hydrogens (tertiary/aromatic N) is 3. The van der Waals surface area contributed by atoms with Crippen LogP contribution in [0.3, 0.4) is 0 Å². The lowest BCUT2D eigenvalue weighted by Crippen LogP contribution is -2.39. The number of esters is 2. The molecule has 11 heteroatoms. The van der Waals surface area contributed by atoms with Crippen LogP contribution in [-0.2, 0) is 14.3 Å². The van der Waals surface area contributed by atoms with Crippen molar-refractivity contribution in [2.45, 2.75) is 13.0 Å². The highest BCUT2D eigenvalue weighted by molar-refractivity contribution is 7.07. The van der Waals surface area contributed by atoms with E-state index in [4.69, 9.17) is 9.47 Å². The molecule has 178 valence electrons. The van der Waals surface area contributed by atoms with E-state index in [1.807, 2.05) is 0 Å². The Hall–Kier alpha value is -4.38. The van der Waals surface area contributed by atoms with Crippen LogP contribution in [0.2, 0.25) is 0 Å². The first-order valence-corrected chi connectivity index (χ1v) is 11.1. The fourth-order valence-corrected chi connectivity index (χ4v) is 4.85. The maximum absolute atomic E-state index is 13.5. The summed E-state index contributed by atoms with van der Waals surface area (Å²) in [5.74, 6) is -1.15. The number of nitro benzene ring substituents is 1. The fourth-order valence-electron chi connectivity index (χ4n) is 3.81. The van der Waals surface area contributed by atoms with Crippen LogP contribution in [0.1, 0.15) is 34.5 Å². The second-order valence-corrected chi connectivity index (χ2v) is 8.55. The van der Waals surface area contributed by atoms with Crippen molar-refractivity contribution in [1.82, 2.24) is 4.57 Å². The molecule has 0 saturated heterocycles. The number of aromatic nitrogens is 1. The van der Waals surface area contributed by atoms with Crippen LogP contribution in [-0.4, -0.2) is 35.6 Å². The first-order chi connectivity index (χ1) is 16.7. The van der Waals surface area contributed by atoms with Gasteiger partial charge in [-0.15, -0.1) is 0 Å². The maximum Gasteiger partial charge on any atom is 0.338 e. The lowest BCUT2D eigenvalue weighted by molar-refractivity contribution is -0.384. The van der Waals surface area contributed by atoms with Crippen molar-refractivity contribution in [2.24, 2.45) is 4.99 Å². The quantitative estimate of drug-likeness (QED) is 0.302. The maximum atomic E-state index is 13.5. The fraction of sp³-hybridized carbons (Fsp3) is 0.167. The third-order valence-corrected chi connectivity index (χ3v) is 6.44. The van der Waals surface area contributed by atoms with Crippen molar-refractivity contribution in [3.8, 4) is 0 Å². The predicted octanol–water partition coefficient (Wildman–Crippen LogP) is 2.10. The molecule has 1 unspecified atom stereocenters. The number of fused-ring (bicyclic) bond motifs is 1. The highest BCUT2D eigenvalue weighted by Gasteiger charge is 2.33. The summed E-state index contributed by atoms with van der Waals surface area (Å²) in [6.45, 7) is 1.65. The van der Waals surface area contributed by atoms with Gasteiger partial charge in [-0.05, 0) is 36.3 Å². The van der Waals surface area contributed by atoms with Crippen LogP contribution in [0.4, 0.5) is 5.69 Å². The van der Waals surface area contributed by atoms with Crippen molar-refractivity contribution >= 4 is 35.0 Å². The smallest absolute Gasteiger partial charge is 0.338 e. The minimum Gasteiger partial charge on any atom is -0.466 e. The van der Waals surface area contributed by atoms with Crippen molar-refractivity contribution in [3.63, 3.8) is 0 Å². The van der Waals surface area contributed by atoms with Crippen molar-refractivity contribution in [2.75, 3.05) is 14.2 Å². The number of carbonyl (C=O) groups is 2. The van der Waals surface area contributed by atoms with Crippen LogP contribution in [0.15, 0.2) is 69.6 Å². The third kappa shape index (κ3) is 4.41. The summed E-state index contributed by atoms with van der Waals surface area (Å²) in [6, 6.07) is 11.4. The molecule has 1 aliphatic heterocycles. The summed E-state index contributed by atoms with van der Waals surface area (Å²) in [5, 5.41) is 11.1. The lowest BCUT2D eigenvalue weighted by Gasteiger charge is -2.24. The highest BCUT2D eigenvalue weighted by Crippen LogP contribution is 2.30. The van der Waals surface area contributed by atoms with E-state index < -0.39 is 28.5 Å². The zero-order valence-electron chi connectivity index (χ0n) is 18.9. The summed E-state index contributed by atoms with van der Waals surface area (Å²) < 4.78 is 11.4. The number of thiazole rings is 1. The zero-order valence-corrected chi connectivity index (χ0v) is 19.7. The van der Waals surface area contributed by atoms with E-state index >= 15 is 0 Å². The second kappa shape index (κ2) is 9.47. The van der Waals surface area contributed by atoms with Gasteiger partial charge in [0.05, 0.1) is 46.6 Å².